The number of methoxy groups -OCH3 is 2. The molecule has 178 valence electrons. The molecule has 0 radical (unpaired) electrons. The Balaban J connectivity index is 1.84. The predicted octanol–water partition coefficient (Wildman–Crippen LogP) is 4.01. The minimum absolute atomic E-state index is 0.0347. The van der Waals surface area contributed by atoms with Crippen molar-refractivity contribution in [1.82, 2.24) is 15.5 Å². The van der Waals surface area contributed by atoms with E-state index in [4.69, 9.17) is 9.47 Å². The van der Waals surface area contributed by atoms with E-state index in [0.717, 1.165) is 25.7 Å². The summed E-state index contributed by atoms with van der Waals surface area (Å²) in [4.78, 5) is 28.7. The van der Waals surface area contributed by atoms with Crippen LogP contribution >= 0.6 is 0 Å². The second-order valence-electron chi connectivity index (χ2n) is 8.13. The predicted molar refractivity (Wildman–Crippen MR) is 124 cm³/mol. The molecule has 0 aliphatic heterocycles. The van der Waals surface area contributed by atoms with Crippen LogP contribution in [0.1, 0.15) is 47.8 Å². The summed E-state index contributed by atoms with van der Waals surface area (Å²) in [7, 11) is 3.02. The van der Waals surface area contributed by atoms with Crippen LogP contribution < -0.4 is 19.7 Å². The maximum absolute atomic E-state index is 13.7. The summed E-state index contributed by atoms with van der Waals surface area (Å²) >= 11 is 0. The van der Waals surface area contributed by atoms with Gasteiger partial charge in [0.05, 0.1) is 14.2 Å². The van der Waals surface area contributed by atoms with Gasteiger partial charge in [-0.05, 0) is 60.9 Å². The average molecular weight is 467 g/mol. The molecule has 1 atom stereocenters. The number of nitrogens with zero attached hydrogens (tertiary/aromatic N) is 2. The smallest absolute Gasteiger partial charge is 0.277 e. The Morgan fingerprint density at radius 3 is 2.38 bits per heavy atom. The van der Waals surface area contributed by atoms with Gasteiger partial charge in [0.2, 0.25) is 5.91 Å². The second-order valence-corrected chi connectivity index (χ2v) is 8.13. The number of carbonyl (C=O) groups excluding carboxylic acids is 2. The van der Waals surface area contributed by atoms with Crippen LogP contribution in [0.15, 0.2) is 54.7 Å². The van der Waals surface area contributed by atoms with Gasteiger partial charge in [0.15, 0.2) is 11.5 Å². The summed E-state index contributed by atoms with van der Waals surface area (Å²) in [5.74, 6) is -0.348. The van der Waals surface area contributed by atoms with E-state index >= 15 is 0 Å². The fraction of sp³-hybridized carbons (Fsp3) is 0.320. The highest BCUT2D eigenvalue weighted by Crippen LogP contribution is 2.35. The van der Waals surface area contributed by atoms with Gasteiger partial charge in [-0.15, -0.1) is 0 Å². The van der Waals surface area contributed by atoms with Crippen LogP contribution in [0.5, 0.6) is 11.5 Å². The van der Waals surface area contributed by atoms with Crippen LogP contribution in [0.25, 0.3) is 0 Å². The number of ether oxygens (including phenoxy) is 2. The molecule has 0 saturated heterocycles. The first-order valence-corrected chi connectivity index (χ1v) is 11.1. The lowest BCUT2D eigenvalue weighted by molar-refractivity contribution is -0.123. The number of benzene rings is 2. The summed E-state index contributed by atoms with van der Waals surface area (Å²) in [6.07, 6.45) is 5.31. The molecule has 1 saturated carbocycles. The summed E-state index contributed by atoms with van der Waals surface area (Å²) < 4.78 is 24.5. The van der Waals surface area contributed by atoms with Crippen molar-refractivity contribution >= 4 is 17.5 Å². The number of H-pyrrole nitrogens is 1. The van der Waals surface area contributed by atoms with E-state index in [0.29, 0.717) is 22.7 Å². The van der Waals surface area contributed by atoms with E-state index in [-0.39, 0.29) is 17.6 Å². The highest BCUT2D eigenvalue weighted by Gasteiger charge is 2.36. The molecule has 1 aliphatic rings. The summed E-state index contributed by atoms with van der Waals surface area (Å²) in [5, 5.41) is 9.64. The number of hydrogen-bond acceptors (Lipinski definition) is 5. The number of carbonyl (C=O) groups is 2. The van der Waals surface area contributed by atoms with Crippen LogP contribution in [0.4, 0.5) is 10.1 Å². The molecular formula is C25H27FN4O4. The standard InChI is InChI=1S/C25H27FN4O4/c1-33-21-12-7-16(15-22(21)34-2)23(24(31)28-18-5-3-4-6-18)30(19-10-8-17(26)9-11-19)25(32)20-13-14-27-29-20/h7-15,18,23H,3-6H2,1-2H3,(H,27,29)(H,28,31)/t23-/m1/s1. The minimum Gasteiger partial charge on any atom is -0.493 e. The van der Waals surface area contributed by atoms with Gasteiger partial charge in [-0.1, -0.05) is 18.9 Å². The second kappa shape index (κ2) is 10.4. The molecule has 1 fully saturated rings. The van der Waals surface area contributed by atoms with E-state index in [1.165, 1.54) is 55.6 Å². The summed E-state index contributed by atoms with van der Waals surface area (Å²) in [6.45, 7) is 0. The Morgan fingerprint density at radius 1 is 1.06 bits per heavy atom. The molecule has 1 aliphatic carbocycles. The Kier molecular flexibility index (Phi) is 7.10. The van der Waals surface area contributed by atoms with Gasteiger partial charge in [0.25, 0.3) is 5.91 Å². The SMILES string of the molecule is COc1ccc([C@H](C(=O)NC2CCCC2)N(C(=O)c2ccn[nH]2)c2ccc(F)cc2)cc1OC. The molecule has 4 rings (SSSR count). The molecule has 9 heteroatoms. The van der Waals surface area contributed by atoms with Crippen LogP contribution in [-0.4, -0.2) is 42.3 Å². The van der Waals surface area contributed by atoms with Crippen molar-refractivity contribution in [3.63, 3.8) is 0 Å². The van der Waals surface area contributed by atoms with Gasteiger partial charge in [0, 0.05) is 17.9 Å². The molecule has 34 heavy (non-hydrogen) atoms. The van der Waals surface area contributed by atoms with Gasteiger partial charge in [-0.2, -0.15) is 5.10 Å². The van der Waals surface area contributed by atoms with E-state index < -0.39 is 17.8 Å². The monoisotopic (exact) mass is 466 g/mol. The summed E-state index contributed by atoms with van der Waals surface area (Å²) in [6, 6.07) is 11.0. The van der Waals surface area contributed by atoms with Crippen molar-refractivity contribution in [2.45, 2.75) is 37.8 Å². The lowest BCUT2D eigenvalue weighted by atomic mass is 10.0. The quantitative estimate of drug-likeness (QED) is 0.523. The molecule has 1 heterocycles. The Morgan fingerprint density at radius 2 is 1.76 bits per heavy atom. The van der Waals surface area contributed by atoms with E-state index in [1.54, 1.807) is 18.2 Å². The highest BCUT2D eigenvalue weighted by molar-refractivity contribution is 6.09. The van der Waals surface area contributed by atoms with Gasteiger partial charge in [0.1, 0.15) is 17.6 Å². The zero-order valence-electron chi connectivity index (χ0n) is 19.1. The lowest BCUT2D eigenvalue weighted by Gasteiger charge is -2.32. The third-order valence-corrected chi connectivity index (χ3v) is 5.99. The first-order valence-electron chi connectivity index (χ1n) is 11.1. The lowest BCUT2D eigenvalue weighted by Crippen LogP contribution is -2.46. The Hall–Kier alpha value is -3.88. The number of nitrogens with one attached hydrogen (secondary N) is 2. The molecule has 2 N–H and O–H groups in total. The van der Waals surface area contributed by atoms with Crippen molar-refractivity contribution < 1.29 is 23.5 Å². The van der Waals surface area contributed by atoms with E-state index in [1.807, 2.05) is 0 Å². The normalized spacial score (nSPS) is 14.4. The third-order valence-electron chi connectivity index (χ3n) is 5.99. The highest BCUT2D eigenvalue weighted by atomic mass is 19.1. The number of halogens is 1. The van der Waals surface area contributed by atoms with Crippen molar-refractivity contribution in [2.24, 2.45) is 0 Å². The number of anilines is 1. The fourth-order valence-corrected chi connectivity index (χ4v) is 4.28. The average Bonchev–Trinajstić information content (AvgIpc) is 3.57. The van der Waals surface area contributed by atoms with Gasteiger partial charge in [-0.25, -0.2) is 4.39 Å². The maximum Gasteiger partial charge on any atom is 0.277 e. The first-order chi connectivity index (χ1) is 16.5. The maximum atomic E-state index is 13.7. The number of hydrogen-bond donors (Lipinski definition) is 2. The fourth-order valence-electron chi connectivity index (χ4n) is 4.28. The zero-order chi connectivity index (χ0) is 24.1. The summed E-state index contributed by atoms with van der Waals surface area (Å²) in [5.41, 5.74) is 1.08. The van der Waals surface area contributed by atoms with Crippen molar-refractivity contribution in [3.05, 3.63) is 71.8 Å². The molecule has 1 aromatic heterocycles. The minimum atomic E-state index is -1.05. The Labute approximate surface area is 197 Å². The third kappa shape index (κ3) is 4.88. The van der Waals surface area contributed by atoms with Crippen LogP contribution in [0.3, 0.4) is 0 Å². The topological polar surface area (TPSA) is 96.5 Å². The van der Waals surface area contributed by atoms with Crippen LogP contribution in [0.2, 0.25) is 0 Å². The van der Waals surface area contributed by atoms with Crippen molar-refractivity contribution in [3.8, 4) is 11.5 Å². The van der Waals surface area contributed by atoms with Crippen LogP contribution in [0, 0.1) is 5.82 Å². The number of aromatic nitrogens is 2. The van der Waals surface area contributed by atoms with Crippen molar-refractivity contribution in [2.75, 3.05) is 19.1 Å². The van der Waals surface area contributed by atoms with Gasteiger partial charge < -0.3 is 14.8 Å². The molecule has 8 nitrogen and oxygen atoms in total. The van der Waals surface area contributed by atoms with Gasteiger partial charge >= 0.3 is 0 Å². The molecule has 0 unspecified atom stereocenters. The number of rotatable bonds is 8. The van der Waals surface area contributed by atoms with E-state index in [9.17, 15) is 14.0 Å². The Bertz CT molecular complexity index is 1130. The molecule has 0 spiro atoms. The van der Waals surface area contributed by atoms with Crippen LogP contribution in [-0.2, 0) is 4.79 Å². The molecule has 0 bridgehead atoms. The van der Waals surface area contributed by atoms with E-state index in [2.05, 4.69) is 15.5 Å². The zero-order valence-corrected chi connectivity index (χ0v) is 19.1. The molecule has 2 aromatic carbocycles. The van der Waals surface area contributed by atoms with Gasteiger partial charge in [-0.3, -0.25) is 19.6 Å². The first kappa shape index (κ1) is 23.3. The largest absolute Gasteiger partial charge is 0.493 e. The van der Waals surface area contributed by atoms with Crippen molar-refractivity contribution in [1.29, 1.82) is 0 Å². The number of aromatic amines is 1. The molecular weight excluding hydrogens is 439 g/mol. The number of amides is 2. The molecule has 2 amide bonds. The molecule has 3 aromatic rings.